The van der Waals surface area contributed by atoms with Crippen molar-refractivity contribution < 1.29 is 46.2 Å². The quantitative estimate of drug-likeness (QED) is 0.243. The predicted molar refractivity (Wildman–Crippen MR) is 167 cm³/mol. The van der Waals surface area contributed by atoms with E-state index in [0.717, 1.165) is 13.3 Å². The zero-order valence-electron chi connectivity index (χ0n) is 25.7. The van der Waals surface area contributed by atoms with Crippen LogP contribution in [0.3, 0.4) is 0 Å². The van der Waals surface area contributed by atoms with Crippen molar-refractivity contribution in [1.82, 2.24) is 15.6 Å². The third kappa shape index (κ3) is 9.86. The molecule has 2 heterocycles. The summed E-state index contributed by atoms with van der Waals surface area (Å²) < 4.78 is 67.7. The first-order valence-corrected chi connectivity index (χ1v) is 15.2. The van der Waals surface area contributed by atoms with E-state index < -0.39 is 60.7 Å². The number of nitrogens with two attached hydrogens (primary N) is 1. The maximum atomic E-state index is 15.3. The summed E-state index contributed by atoms with van der Waals surface area (Å²) in [5.41, 5.74) is 7.80. The molecule has 0 aliphatic carbocycles. The van der Waals surface area contributed by atoms with Crippen LogP contribution in [0.4, 0.5) is 32.8 Å². The number of aromatic nitrogens is 1. The minimum Gasteiger partial charge on any atom is -0.452 e. The summed E-state index contributed by atoms with van der Waals surface area (Å²) in [6.45, 7) is -1.46. The number of rotatable bonds is 11. The number of imide groups is 1. The second-order valence-corrected chi connectivity index (χ2v) is 11.3. The number of carbonyl (C=O) groups is 3. The number of benzene rings is 2. The average molecular weight is 696 g/mol. The Kier molecular flexibility index (Phi) is 12.7. The van der Waals surface area contributed by atoms with E-state index >= 15 is 4.39 Å². The first kappa shape index (κ1) is 36.5. The summed E-state index contributed by atoms with van der Waals surface area (Å²) in [5, 5.41) is 5.16. The molecule has 4 rings (SSSR count). The van der Waals surface area contributed by atoms with Crippen LogP contribution in [0.1, 0.15) is 29.0 Å². The number of nitrogens with zero attached hydrogens (tertiary/aromatic N) is 2. The lowest BCUT2D eigenvalue weighted by Gasteiger charge is -2.31. The van der Waals surface area contributed by atoms with Gasteiger partial charge in [0.1, 0.15) is 19.0 Å². The smallest absolute Gasteiger partial charge is 0.421 e. The van der Waals surface area contributed by atoms with E-state index in [1.165, 1.54) is 6.20 Å². The monoisotopic (exact) mass is 695 g/mol. The van der Waals surface area contributed by atoms with Gasteiger partial charge in [0, 0.05) is 23.0 Å². The van der Waals surface area contributed by atoms with Gasteiger partial charge in [-0.2, -0.15) is 13.2 Å². The molecule has 0 radical (unpaired) electrons. The van der Waals surface area contributed by atoms with Gasteiger partial charge < -0.3 is 30.6 Å². The van der Waals surface area contributed by atoms with E-state index in [9.17, 15) is 27.6 Å². The molecule has 16 heteroatoms. The first-order valence-electron chi connectivity index (χ1n) is 14.8. The van der Waals surface area contributed by atoms with Crippen LogP contribution in [0.15, 0.2) is 67.0 Å². The molecular formula is C32H34ClF4N5O6. The normalized spacial score (nSPS) is 17.6. The molecule has 48 heavy (non-hydrogen) atoms. The Labute approximate surface area is 278 Å². The van der Waals surface area contributed by atoms with Crippen molar-refractivity contribution >= 4 is 35.4 Å². The van der Waals surface area contributed by atoms with Gasteiger partial charge in [-0.15, -0.1) is 0 Å². The molecule has 0 unspecified atom stereocenters. The third-order valence-corrected chi connectivity index (χ3v) is 7.82. The minimum atomic E-state index is -4.57. The van der Waals surface area contributed by atoms with Gasteiger partial charge in [0.05, 0.1) is 50.0 Å². The number of alkyl halides is 3. The van der Waals surface area contributed by atoms with Crippen molar-refractivity contribution in [2.45, 2.75) is 43.1 Å². The van der Waals surface area contributed by atoms with Crippen molar-refractivity contribution in [2.24, 2.45) is 5.73 Å². The van der Waals surface area contributed by atoms with E-state index in [4.69, 9.17) is 31.5 Å². The number of amides is 3. The summed E-state index contributed by atoms with van der Waals surface area (Å²) >= 11 is 6.09. The Morgan fingerprint density at radius 1 is 1.12 bits per heavy atom. The van der Waals surface area contributed by atoms with Crippen molar-refractivity contribution in [1.29, 1.82) is 0 Å². The zero-order chi connectivity index (χ0) is 34.8. The minimum absolute atomic E-state index is 0.00547. The molecule has 4 atom stereocenters. The predicted octanol–water partition coefficient (Wildman–Crippen LogP) is 4.71. The molecule has 3 amide bonds. The van der Waals surface area contributed by atoms with E-state index in [0.29, 0.717) is 21.0 Å². The fourth-order valence-corrected chi connectivity index (χ4v) is 5.31. The van der Waals surface area contributed by atoms with Crippen LogP contribution in [0.5, 0.6) is 0 Å². The van der Waals surface area contributed by atoms with E-state index in [1.807, 2.05) is 6.07 Å². The van der Waals surface area contributed by atoms with Crippen LogP contribution in [-0.4, -0.2) is 80.9 Å². The van der Waals surface area contributed by atoms with Gasteiger partial charge in [-0.05, 0) is 36.1 Å². The molecule has 0 bridgehead atoms. The highest BCUT2D eigenvalue weighted by molar-refractivity contribution is 6.30. The van der Waals surface area contributed by atoms with Gasteiger partial charge in [-0.1, -0.05) is 54.1 Å². The molecule has 258 valence electrons. The highest BCUT2D eigenvalue weighted by atomic mass is 35.5. The molecule has 1 aromatic heterocycles. The molecular weight excluding hydrogens is 662 g/mol. The van der Waals surface area contributed by atoms with Crippen LogP contribution in [0.2, 0.25) is 5.02 Å². The number of halogens is 5. The SMILES string of the molecule is COC(=O)N(C(=O)[C@@H](N)[C@H](c1ccccc1)c1ccc(Cl)cc1)c1cncc(F)c1CC[C@@H]1CN[C@H](COC(=O)NCC(F)(F)F)CO1. The van der Waals surface area contributed by atoms with Gasteiger partial charge in [-0.3, -0.25) is 9.78 Å². The number of morpholine rings is 1. The number of hydrogen-bond donors (Lipinski definition) is 3. The lowest BCUT2D eigenvalue weighted by molar-refractivity contribution is -0.124. The van der Waals surface area contributed by atoms with Crippen LogP contribution >= 0.6 is 11.6 Å². The standard InChI is InChI=1S/C32H34ClF4N5O6/c1-46-31(45)42(29(43)28(38)27(19-5-3-2-4-6-19)20-7-9-21(33)10-8-20)26-15-39-14-25(34)24(26)12-11-23-13-40-22(16-47-23)17-48-30(44)41-18-32(35,36)37/h2-10,14-15,22-23,27-28,40H,11-13,16-18,38H2,1H3,(H,41,44)/t22-,23+,27+,28-/m0/s1. The van der Waals surface area contributed by atoms with Crippen LogP contribution in [0.25, 0.3) is 0 Å². The highest BCUT2D eigenvalue weighted by Crippen LogP contribution is 2.32. The summed E-state index contributed by atoms with van der Waals surface area (Å²) in [6.07, 6.45) is -4.97. The van der Waals surface area contributed by atoms with Gasteiger partial charge in [0.25, 0.3) is 5.91 Å². The Balaban J connectivity index is 1.47. The summed E-state index contributed by atoms with van der Waals surface area (Å²) in [7, 11) is 1.08. The molecule has 0 spiro atoms. The number of nitrogens with one attached hydrogen (secondary N) is 2. The summed E-state index contributed by atoms with van der Waals surface area (Å²) in [4.78, 5) is 43.3. The number of carbonyl (C=O) groups excluding carboxylic acids is 3. The number of alkyl carbamates (subject to hydrolysis) is 1. The largest absolute Gasteiger partial charge is 0.452 e. The molecule has 1 fully saturated rings. The summed E-state index contributed by atoms with van der Waals surface area (Å²) in [5.74, 6) is -2.36. The molecule has 4 N–H and O–H groups in total. The van der Waals surface area contributed by atoms with E-state index in [-0.39, 0.29) is 43.9 Å². The number of methoxy groups -OCH3 is 1. The van der Waals surface area contributed by atoms with Gasteiger partial charge in [0.2, 0.25) is 0 Å². The molecule has 0 saturated carbocycles. The van der Waals surface area contributed by atoms with Crippen molar-refractivity contribution in [3.8, 4) is 0 Å². The van der Waals surface area contributed by atoms with Gasteiger partial charge >= 0.3 is 18.4 Å². The molecule has 1 saturated heterocycles. The van der Waals surface area contributed by atoms with E-state index in [1.54, 1.807) is 53.8 Å². The van der Waals surface area contributed by atoms with Crippen molar-refractivity contribution in [2.75, 3.05) is 38.3 Å². The van der Waals surface area contributed by atoms with Crippen LogP contribution < -0.4 is 21.3 Å². The first-order chi connectivity index (χ1) is 22.9. The maximum absolute atomic E-state index is 15.3. The Hall–Kier alpha value is -4.31. The molecule has 1 aliphatic heterocycles. The number of anilines is 1. The Morgan fingerprint density at radius 3 is 2.44 bits per heavy atom. The topological polar surface area (TPSA) is 145 Å². The number of hydrogen-bond acceptors (Lipinski definition) is 9. The number of pyridine rings is 1. The van der Waals surface area contributed by atoms with Gasteiger partial charge in [0.15, 0.2) is 0 Å². The average Bonchev–Trinajstić information content (AvgIpc) is 3.07. The lowest BCUT2D eigenvalue weighted by Crippen LogP contribution is -2.50. The molecule has 1 aliphatic rings. The fraction of sp³-hybridized carbons (Fsp3) is 0.375. The third-order valence-electron chi connectivity index (χ3n) is 7.57. The Bertz CT molecular complexity index is 1540. The molecule has 3 aromatic rings. The molecule has 2 aromatic carbocycles. The molecule has 11 nitrogen and oxygen atoms in total. The Morgan fingerprint density at radius 2 is 1.81 bits per heavy atom. The van der Waals surface area contributed by atoms with Crippen molar-refractivity contribution in [3.05, 3.63) is 94.5 Å². The lowest BCUT2D eigenvalue weighted by atomic mass is 9.84. The second kappa shape index (κ2) is 16.7. The van der Waals surface area contributed by atoms with E-state index in [2.05, 4.69) is 10.3 Å². The van der Waals surface area contributed by atoms with Crippen LogP contribution in [0, 0.1) is 5.82 Å². The summed E-state index contributed by atoms with van der Waals surface area (Å²) in [6, 6.07) is 13.9. The zero-order valence-corrected chi connectivity index (χ0v) is 26.5. The highest BCUT2D eigenvalue weighted by Gasteiger charge is 2.37. The van der Waals surface area contributed by atoms with Crippen LogP contribution in [-0.2, 0) is 25.4 Å². The second-order valence-electron chi connectivity index (χ2n) is 10.9. The van der Waals surface area contributed by atoms with Gasteiger partial charge in [-0.25, -0.2) is 18.9 Å². The maximum Gasteiger partial charge on any atom is 0.421 e. The van der Waals surface area contributed by atoms with Crippen molar-refractivity contribution in [3.63, 3.8) is 0 Å². The fourth-order valence-electron chi connectivity index (χ4n) is 5.18. The number of ether oxygens (including phenoxy) is 3.